The molecule has 6 heteroatoms. The van der Waals surface area contributed by atoms with E-state index in [2.05, 4.69) is 26.0 Å². The van der Waals surface area contributed by atoms with E-state index in [0.29, 0.717) is 18.2 Å². The SMILES string of the molecule is CCn1cc(Oc2ncc(Br)cc2CN)cn1. The molecule has 2 aromatic rings. The van der Waals surface area contributed by atoms with E-state index in [1.54, 1.807) is 17.1 Å². The van der Waals surface area contributed by atoms with Crippen LogP contribution in [0.5, 0.6) is 11.6 Å². The van der Waals surface area contributed by atoms with E-state index in [9.17, 15) is 0 Å². The van der Waals surface area contributed by atoms with Gasteiger partial charge in [0.1, 0.15) is 0 Å². The highest BCUT2D eigenvalue weighted by molar-refractivity contribution is 9.10. The fraction of sp³-hybridized carbons (Fsp3) is 0.273. The number of halogens is 1. The summed E-state index contributed by atoms with van der Waals surface area (Å²) in [6.07, 6.45) is 5.16. The van der Waals surface area contributed by atoms with Gasteiger partial charge in [-0.05, 0) is 28.9 Å². The van der Waals surface area contributed by atoms with Crippen LogP contribution in [0, 0.1) is 0 Å². The van der Waals surface area contributed by atoms with Gasteiger partial charge in [0.05, 0.1) is 12.4 Å². The lowest BCUT2D eigenvalue weighted by atomic mass is 10.3. The maximum Gasteiger partial charge on any atom is 0.223 e. The predicted molar refractivity (Wildman–Crippen MR) is 67.8 cm³/mol. The predicted octanol–water partition coefficient (Wildman–Crippen LogP) is 2.31. The van der Waals surface area contributed by atoms with Crippen LogP contribution >= 0.6 is 15.9 Å². The van der Waals surface area contributed by atoms with Gasteiger partial charge < -0.3 is 10.5 Å². The quantitative estimate of drug-likeness (QED) is 0.940. The van der Waals surface area contributed by atoms with Crippen molar-refractivity contribution in [2.75, 3.05) is 0 Å². The number of aryl methyl sites for hydroxylation is 1. The summed E-state index contributed by atoms with van der Waals surface area (Å²) in [5.74, 6) is 1.18. The Bertz CT molecular complexity index is 512. The first-order valence-electron chi connectivity index (χ1n) is 5.27. The molecule has 0 atom stereocenters. The number of ether oxygens (including phenoxy) is 1. The van der Waals surface area contributed by atoms with Crippen LogP contribution in [-0.2, 0) is 13.1 Å². The molecular weight excluding hydrogens is 284 g/mol. The summed E-state index contributed by atoms with van der Waals surface area (Å²) in [6.45, 7) is 3.20. The van der Waals surface area contributed by atoms with Crippen molar-refractivity contribution >= 4 is 15.9 Å². The first kappa shape index (κ1) is 12.1. The number of rotatable bonds is 4. The maximum absolute atomic E-state index is 5.64. The maximum atomic E-state index is 5.64. The van der Waals surface area contributed by atoms with Gasteiger partial charge in [-0.15, -0.1) is 0 Å². The van der Waals surface area contributed by atoms with Gasteiger partial charge in [0, 0.05) is 29.3 Å². The lowest BCUT2D eigenvalue weighted by Gasteiger charge is -2.06. The zero-order valence-corrected chi connectivity index (χ0v) is 11.0. The van der Waals surface area contributed by atoms with Crippen LogP contribution in [-0.4, -0.2) is 14.8 Å². The third kappa shape index (κ3) is 2.83. The third-order valence-electron chi connectivity index (χ3n) is 2.26. The molecule has 0 fully saturated rings. The number of pyridine rings is 1. The topological polar surface area (TPSA) is 66.0 Å². The molecule has 0 saturated carbocycles. The summed E-state index contributed by atoms with van der Waals surface area (Å²) in [5, 5.41) is 4.13. The molecule has 0 aromatic carbocycles. The van der Waals surface area contributed by atoms with Gasteiger partial charge >= 0.3 is 0 Å². The molecule has 5 nitrogen and oxygen atoms in total. The lowest BCUT2D eigenvalue weighted by molar-refractivity contribution is 0.455. The summed E-state index contributed by atoms with van der Waals surface area (Å²) >= 11 is 3.35. The summed E-state index contributed by atoms with van der Waals surface area (Å²) in [4.78, 5) is 4.19. The average Bonchev–Trinajstić information content (AvgIpc) is 2.79. The fourth-order valence-electron chi connectivity index (χ4n) is 1.39. The molecule has 0 bridgehead atoms. The second-order valence-electron chi connectivity index (χ2n) is 3.46. The van der Waals surface area contributed by atoms with Crippen LogP contribution in [0.3, 0.4) is 0 Å². The van der Waals surface area contributed by atoms with Crippen LogP contribution in [0.4, 0.5) is 0 Å². The molecule has 0 aliphatic heterocycles. The highest BCUT2D eigenvalue weighted by Crippen LogP contribution is 2.24. The van der Waals surface area contributed by atoms with Gasteiger partial charge in [-0.3, -0.25) is 4.68 Å². The summed E-state index contributed by atoms with van der Waals surface area (Å²) in [5.41, 5.74) is 6.49. The van der Waals surface area contributed by atoms with E-state index in [4.69, 9.17) is 10.5 Å². The van der Waals surface area contributed by atoms with Gasteiger partial charge in [-0.1, -0.05) is 0 Å². The molecule has 0 aliphatic carbocycles. The van der Waals surface area contributed by atoms with Crippen molar-refractivity contribution < 1.29 is 4.74 Å². The molecule has 2 N–H and O–H groups in total. The molecule has 0 radical (unpaired) electrons. The number of hydrogen-bond acceptors (Lipinski definition) is 4. The van der Waals surface area contributed by atoms with Crippen LogP contribution in [0.15, 0.2) is 29.1 Å². The van der Waals surface area contributed by atoms with Crippen molar-refractivity contribution in [2.24, 2.45) is 5.73 Å². The molecule has 0 spiro atoms. The normalized spacial score (nSPS) is 10.5. The minimum atomic E-state index is 0.379. The van der Waals surface area contributed by atoms with E-state index in [0.717, 1.165) is 16.6 Å². The Kier molecular flexibility index (Phi) is 3.75. The molecule has 17 heavy (non-hydrogen) atoms. The number of nitrogens with two attached hydrogens (primary N) is 1. The van der Waals surface area contributed by atoms with Crippen molar-refractivity contribution in [1.82, 2.24) is 14.8 Å². The first-order chi connectivity index (χ1) is 8.22. The van der Waals surface area contributed by atoms with Gasteiger partial charge in [-0.25, -0.2) is 4.98 Å². The largest absolute Gasteiger partial charge is 0.435 e. The molecule has 0 saturated heterocycles. The second-order valence-corrected chi connectivity index (χ2v) is 4.37. The van der Waals surface area contributed by atoms with Gasteiger partial charge in [0.15, 0.2) is 5.75 Å². The Morgan fingerprint density at radius 1 is 1.47 bits per heavy atom. The molecule has 2 heterocycles. The fourth-order valence-corrected chi connectivity index (χ4v) is 1.77. The Hall–Kier alpha value is -1.40. The first-order valence-corrected chi connectivity index (χ1v) is 6.07. The van der Waals surface area contributed by atoms with E-state index >= 15 is 0 Å². The Morgan fingerprint density at radius 2 is 2.29 bits per heavy atom. The van der Waals surface area contributed by atoms with Crippen molar-refractivity contribution in [3.8, 4) is 11.6 Å². The van der Waals surface area contributed by atoms with Gasteiger partial charge in [0.2, 0.25) is 5.88 Å². The van der Waals surface area contributed by atoms with Crippen molar-refractivity contribution in [2.45, 2.75) is 20.0 Å². The van der Waals surface area contributed by atoms with Crippen LogP contribution < -0.4 is 10.5 Å². The van der Waals surface area contributed by atoms with Crippen molar-refractivity contribution in [1.29, 1.82) is 0 Å². The number of nitrogens with zero attached hydrogens (tertiary/aromatic N) is 3. The molecule has 0 aliphatic rings. The smallest absolute Gasteiger partial charge is 0.223 e. The molecule has 2 aromatic heterocycles. The highest BCUT2D eigenvalue weighted by Gasteiger charge is 2.07. The molecular formula is C11H13BrN4O. The summed E-state index contributed by atoms with van der Waals surface area (Å²) < 4.78 is 8.31. The van der Waals surface area contributed by atoms with E-state index in [-0.39, 0.29) is 0 Å². The lowest BCUT2D eigenvalue weighted by Crippen LogP contribution is -2.01. The summed E-state index contributed by atoms with van der Waals surface area (Å²) in [7, 11) is 0. The Morgan fingerprint density at radius 3 is 2.94 bits per heavy atom. The average molecular weight is 297 g/mol. The minimum absolute atomic E-state index is 0.379. The van der Waals surface area contributed by atoms with Gasteiger partial charge in [-0.2, -0.15) is 5.10 Å². The third-order valence-corrected chi connectivity index (χ3v) is 2.69. The monoisotopic (exact) mass is 296 g/mol. The van der Waals surface area contributed by atoms with Gasteiger partial charge in [0.25, 0.3) is 0 Å². The highest BCUT2D eigenvalue weighted by atomic mass is 79.9. The van der Waals surface area contributed by atoms with Crippen LogP contribution in [0.25, 0.3) is 0 Å². The second kappa shape index (κ2) is 5.29. The number of hydrogen-bond donors (Lipinski definition) is 1. The Balaban J connectivity index is 2.23. The standard InChI is InChI=1S/C11H13BrN4O/c1-2-16-7-10(6-15-16)17-11-8(4-13)3-9(12)5-14-11/h3,5-7H,2,4,13H2,1H3. The van der Waals surface area contributed by atoms with E-state index in [1.807, 2.05) is 19.2 Å². The molecule has 90 valence electrons. The number of aromatic nitrogens is 3. The summed E-state index contributed by atoms with van der Waals surface area (Å²) in [6, 6.07) is 1.90. The van der Waals surface area contributed by atoms with Crippen LogP contribution in [0.1, 0.15) is 12.5 Å². The van der Waals surface area contributed by atoms with Crippen molar-refractivity contribution in [3.63, 3.8) is 0 Å². The Labute approximate surface area is 108 Å². The van der Waals surface area contributed by atoms with E-state index in [1.165, 1.54) is 0 Å². The minimum Gasteiger partial charge on any atom is -0.435 e. The molecule has 2 rings (SSSR count). The molecule has 0 amide bonds. The van der Waals surface area contributed by atoms with Crippen molar-refractivity contribution in [3.05, 3.63) is 34.7 Å². The van der Waals surface area contributed by atoms with Crippen LogP contribution in [0.2, 0.25) is 0 Å². The zero-order valence-electron chi connectivity index (χ0n) is 9.43. The molecule has 0 unspecified atom stereocenters. The van der Waals surface area contributed by atoms with E-state index < -0.39 is 0 Å². The zero-order chi connectivity index (χ0) is 12.3.